The molecule has 0 saturated heterocycles. The lowest BCUT2D eigenvalue weighted by Gasteiger charge is -2.09. The molecule has 0 spiro atoms. The highest BCUT2D eigenvalue weighted by Crippen LogP contribution is 2.19. The Morgan fingerprint density at radius 2 is 2.08 bits per heavy atom. The maximum absolute atomic E-state index is 13.2. The summed E-state index contributed by atoms with van der Waals surface area (Å²) >= 11 is 1.97. The van der Waals surface area contributed by atoms with Gasteiger partial charge in [-0.25, -0.2) is 8.78 Å². The molecule has 1 nitrogen and oxygen atoms in total. The molecule has 0 radical (unpaired) electrons. The first-order chi connectivity index (χ1) is 6.02. The second kappa shape index (κ2) is 4.32. The van der Waals surface area contributed by atoms with Gasteiger partial charge in [0.2, 0.25) is 0 Å². The van der Waals surface area contributed by atoms with Crippen molar-refractivity contribution in [3.63, 3.8) is 0 Å². The zero-order valence-corrected chi connectivity index (χ0v) is 9.31. The number of rotatable bonds is 2. The SMILES string of the molecule is CC(N)Cc1c(I)ccc(F)c1F. The molecular formula is C9H10F2IN. The Bertz CT molecular complexity index is 313. The van der Waals surface area contributed by atoms with Crippen molar-refractivity contribution >= 4 is 22.6 Å². The number of hydrogen-bond donors (Lipinski definition) is 1. The topological polar surface area (TPSA) is 26.0 Å². The lowest BCUT2D eigenvalue weighted by Crippen LogP contribution is -2.19. The summed E-state index contributed by atoms with van der Waals surface area (Å²) in [6.45, 7) is 1.76. The van der Waals surface area contributed by atoms with Gasteiger partial charge in [-0.2, -0.15) is 0 Å². The molecule has 2 N–H and O–H groups in total. The van der Waals surface area contributed by atoms with Crippen LogP contribution in [0.4, 0.5) is 8.78 Å². The van der Waals surface area contributed by atoms with Crippen molar-refractivity contribution in [3.05, 3.63) is 32.9 Å². The summed E-state index contributed by atoms with van der Waals surface area (Å²) in [6, 6.07) is 2.52. The van der Waals surface area contributed by atoms with Crippen LogP contribution in [0.2, 0.25) is 0 Å². The van der Waals surface area contributed by atoms with Crippen LogP contribution in [0.15, 0.2) is 12.1 Å². The Labute approximate surface area is 89.5 Å². The molecule has 1 atom stereocenters. The number of benzene rings is 1. The second-order valence-electron chi connectivity index (χ2n) is 3.00. The Hall–Kier alpha value is -0.230. The van der Waals surface area contributed by atoms with E-state index in [-0.39, 0.29) is 6.04 Å². The summed E-state index contributed by atoms with van der Waals surface area (Å²) in [7, 11) is 0. The van der Waals surface area contributed by atoms with Gasteiger partial charge in [0.25, 0.3) is 0 Å². The van der Waals surface area contributed by atoms with Gasteiger partial charge >= 0.3 is 0 Å². The molecule has 1 aromatic rings. The van der Waals surface area contributed by atoms with E-state index in [1.54, 1.807) is 13.0 Å². The molecule has 0 aliphatic rings. The van der Waals surface area contributed by atoms with E-state index < -0.39 is 11.6 Å². The minimum atomic E-state index is -0.809. The van der Waals surface area contributed by atoms with Crippen molar-refractivity contribution in [1.29, 1.82) is 0 Å². The molecule has 0 heterocycles. The fourth-order valence-corrected chi connectivity index (χ4v) is 1.71. The maximum Gasteiger partial charge on any atom is 0.163 e. The molecule has 0 saturated carbocycles. The van der Waals surface area contributed by atoms with E-state index >= 15 is 0 Å². The van der Waals surface area contributed by atoms with Gasteiger partial charge in [0.1, 0.15) is 0 Å². The van der Waals surface area contributed by atoms with E-state index in [1.165, 1.54) is 0 Å². The Balaban J connectivity index is 3.10. The molecule has 0 fully saturated rings. The van der Waals surface area contributed by atoms with E-state index in [1.807, 2.05) is 22.6 Å². The smallest absolute Gasteiger partial charge is 0.163 e. The second-order valence-corrected chi connectivity index (χ2v) is 4.17. The number of hydrogen-bond acceptors (Lipinski definition) is 1. The molecule has 1 unspecified atom stereocenters. The summed E-state index contributed by atoms with van der Waals surface area (Å²) in [5, 5.41) is 0. The number of nitrogens with two attached hydrogens (primary N) is 1. The molecule has 1 aromatic carbocycles. The Morgan fingerprint density at radius 1 is 1.46 bits per heavy atom. The highest BCUT2D eigenvalue weighted by Gasteiger charge is 2.12. The van der Waals surface area contributed by atoms with E-state index in [0.29, 0.717) is 15.6 Å². The van der Waals surface area contributed by atoms with Crippen LogP contribution in [0.1, 0.15) is 12.5 Å². The van der Waals surface area contributed by atoms with Gasteiger partial charge in [-0.05, 0) is 48.1 Å². The van der Waals surface area contributed by atoms with E-state index in [2.05, 4.69) is 0 Å². The molecule has 4 heteroatoms. The average Bonchev–Trinajstić information content (AvgIpc) is 2.05. The van der Waals surface area contributed by atoms with Gasteiger partial charge in [0.15, 0.2) is 11.6 Å². The molecule has 72 valence electrons. The Morgan fingerprint density at radius 3 is 2.62 bits per heavy atom. The standard InChI is InChI=1S/C9H10F2IN/c1-5(13)4-6-8(12)3-2-7(10)9(6)11/h2-3,5H,4,13H2,1H3. The summed E-state index contributed by atoms with van der Waals surface area (Å²) in [5.74, 6) is -1.58. The number of halogens is 3. The first-order valence-electron chi connectivity index (χ1n) is 3.90. The van der Waals surface area contributed by atoms with Gasteiger partial charge in [-0.1, -0.05) is 0 Å². The monoisotopic (exact) mass is 297 g/mol. The lowest BCUT2D eigenvalue weighted by atomic mass is 10.1. The zero-order valence-electron chi connectivity index (χ0n) is 7.15. The van der Waals surface area contributed by atoms with Crippen LogP contribution in [0.3, 0.4) is 0 Å². The first-order valence-corrected chi connectivity index (χ1v) is 4.98. The van der Waals surface area contributed by atoms with Crippen LogP contribution in [0.5, 0.6) is 0 Å². The molecule has 0 aliphatic heterocycles. The van der Waals surface area contributed by atoms with Crippen molar-refractivity contribution in [2.24, 2.45) is 5.73 Å². The lowest BCUT2D eigenvalue weighted by molar-refractivity contribution is 0.493. The van der Waals surface area contributed by atoms with Crippen LogP contribution >= 0.6 is 22.6 Å². The van der Waals surface area contributed by atoms with Gasteiger partial charge in [0, 0.05) is 15.2 Å². The van der Waals surface area contributed by atoms with E-state index in [9.17, 15) is 8.78 Å². The predicted octanol–water partition coefficient (Wildman–Crippen LogP) is 2.46. The maximum atomic E-state index is 13.2. The fraction of sp³-hybridized carbons (Fsp3) is 0.333. The summed E-state index contributed by atoms with van der Waals surface area (Å²) in [6.07, 6.45) is 0.363. The summed E-state index contributed by atoms with van der Waals surface area (Å²) < 4.78 is 26.7. The van der Waals surface area contributed by atoms with Crippen LogP contribution < -0.4 is 5.73 Å². The normalized spacial score (nSPS) is 13.0. The van der Waals surface area contributed by atoms with Gasteiger partial charge in [-0.15, -0.1) is 0 Å². The third kappa shape index (κ3) is 2.60. The molecule has 13 heavy (non-hydrogen) atoms. The van der Waals surface area contributed by atoms with Crippen molar-refractivity contribution in [2.45, 2.75) is 19.4 Å². The highest BCUT2D eigenvalue weighted by atomic mass is 127. The molecule has 0 aromatic heterocycles. The molecule has 0 aliphatic carbocycles. The summed E-state index contributed by atoms with van der Waals surface area (Å²) in [4.78, 5) is 0. The third-order valence-corrected chi connectivity index (χ3v) is 2.68. The zero-order chi connectivity index (χ0) is 10.0. The average molecular weight is 297 g/mol. The highest BCUT2D eigenvalue weighted by molar-refractivity contribution is 14.1. The molecule has 1 rings (SSSR count). The first kappa shape index (κ1) is 10.8. The van der Waals surface area contributed by atoms with Crippen LogP contribution in [-0.2, 0) is 6.42 Å². The largest absolute Gasteiger partial charge is 0.328 e. The van der Waals surface area contributed by atoms with Crippen LogP contribution in [0.25, 0.3) is 0 Å². The van der Waals surface area contributed by atoms with Crippen molar-refractivity contribution < 1.29 is 8.78 Å². The van der Waals surface area contributed by atoms with E-state index in [4.69, 9.17) is 5.73 Å². The van der Waals surface area contributed by atoms with Gasteiger partial charge in [-0.3, -0.25) is 0 Å². The quantitative estimate of drug-likeness (QED) is 0.658. The van der Waals surface area contributed by atoms with Crippen LogP contribution in [-0.4, -0.2) is 6.04 Å². The van der Waals surface area contributed by atoms with Crippen molar-refractivity contribution in [3.8, 4) is 0 Å². The molecular weight excluding hydrogens is 287 g/mol. The van der Waals surface area contributed by atoms with E-state index in [0.717, 1.165) is 6.07 Å². The fourth-order valence-electron chi connectivity index (χ4n) is 1.08. The summed E-state index contributed by atoms with van der Waals surface area (Å²) in [5.41, 5.74) is 5.89. The van der Waals surface area contributed by atoms with Crippen molar-refractivity contribution in [2.75, 3.05) is 0 Å². The van der Waals surface area contributed by atoms with Gasteiger partial charge < -0.3 is 5.73 Å². The Kier molecular flexibility index (Phi) is 3.61. The third-order valence-electron chi connectivity index (χ3n) is 1.67. The minimum Gasteiger partial charge on any atom is -0.328 e. The van der Waals surface area contributed by atoms with Gasteiger partial charge in [0.05, 0.1) is 0 Å². The molecule has 0 amide bonds. The van der Waals surface area contributed by atoms with Crippen LogP contribution in [0, 0.1) is 15.2 Å². The molecule has 0 bridgehead atoms. The predicted molar refractivity (Wildman–Crippen MR) is 56.4 cm³/mol. The van der Waals surface area contributed by atoms with Crippen molar-refractivity contribution in [1.82, 2.24) is 0 Å². The minimum absolute atomic E-state index is 0.162.